The molecular formula is C12H24ClN. The Bertz CT molecular complexity index is 145. The van der Waals surface area contributed by atoms with Gasteiger partial charge in [0.25, 0.3) is 0 Å². The predicted molar refractivity (Wildman–Crippen MR) is 63.9 cm³/mol. The molecule has 0 amide bonds. The Morgan fingerprint density at radius 2 is 2.00 bits per heavy atom. The van der Waals surface area contributed by atoms with Crippen LogP contribution in [0.25, 0.3) is 0 Å². The SMILES string of the molecule is CCC(CC)CNCC1CCCC1Cl. The van der Waals surface area contributed by atoms with Gasteiger partial charge in [-0.1, -0.05) is 33.1 Å². The molecule has 0 radical (unpaired) electrons. The quantitative estimate of drug-likeness (QED) is 0.673. The lowest BCUT2D eigenvalue weighted by Crippen LogP contribution is -2.29. The van der Waals surface area contributed by atoms with Crippen LogP contribution in [-0.2, 0) is 0 Å². The minimum Gasteiger partial charge on any atom is -0.316 e. The summed E-state index contributed by atoms with van der Waals surface area (Å²) in [5.41, 5.74) is 0. The average molecular weight is 218 g/mol. The maximum absolute atomic E-state index is 6.22. The first-order chi connectivity index (χ1) is 6.77. The third-order valence-electron chi connectivity index (χ3n) is 3.56. The first kappa shape index (κ1) is 12.3. The Labute approximate surface area is 93.6 Å². The van der Waals surface area contributed by atoms with Crippen LogP contribution < -0.4 is 5.32 Å². The molecule has 1 aliphatic carbocycles. The van der Waals surface area contributed by atoms with E-state index in [9.17, 15) is 0 Å². The van der Waals surface area contributed by atoms with E-state index in [4.69, 9.17) is 11.6 Å². The molecule has 0 bridgehead atoms. The Balaban J connectivity index is 2.08. The summed E-state index contributed by atoms with van der Waals surface area (Å²) < 4.78 is 0. The van der Waals surface area contributed by atoms with E-state index < -0.39 is 0 Å². The van der Waals surface area contributed by atoms with Crippen LogP contribution in [0.4, 0.5) is 0 Å². The van der Waals surface area contributed by atoms with E-state index in [1.807, 2.05) is 0 Å². The molecule has 2 heteroatoms. The van der Waals surface area contributed by atoms with E-state index in [0.717, 1.165) is 18.4 Å². The topological polar surface area (TPSA) is 12.0 Å². The van der Waals surface area contributed by atoms with E-state index in [-0.39, 0.29) is 0 Å². The number of rotatable bonds is 6. The Morgan fingerprint density at radius 1 is 1.29 bits per heavy atom. The van der Waals surface area contributed by atoms with Gasteiger partial charge in [-0.05, 0) is 37.8 Å². The highest BCUT2D eigenvalue weighted by Crippen LogP contribution is 2.29. The normalized spacial score (nSPS) is 27.4. The van der Waals surface area contributed by atoms with Crippen molar-refractivity contribution in [2.45, 2.75) is 51.3 Å². The highest BCUT2D eigenvalue weighted by atomic mass is 35.5. The summed E-state index contributed by atoms with van der Waals surface area (Å²) in [5.74, 6) is 1.58. The van der Waals surface area contributed by atoms with Crippen molar-refractivity contribution in [2.24, 2.45) is 11.8 Å². The van der Waals surface area contributed by atoms with Crippen molar-refractivity contribution in [3.63, 3.8) is 0 Å². The largest absolute Gasteiger partial charge is 0.316 e. The van der Waals surface area contributed by atoms with Crippen LogP contribution >= 0.6 is 11.6 Å². The molecule has 0 saturated heterocycles. The summed E-state index contributed by atoms with van der Waals surface area (Å²) in [5, 5.41) is 4.01. The second-order valence-corrected chi connectivity index (χ2v) is 5.11. The summed E-state index contributed by atoms with van der Waals surface area (Å²) in [6.07, 6.45) is 6.45. The molecule has 0 spiro atoms. The van der Waals surface area contributed by atoms with Crippen LogP contribution in [0.3, 0.4) is 0 Å². The zero-order chi connectivity index (χ0) is 10.4. The molecule has 1 rings (SSSR count). The van der Waals surface area contributed by atoms with Gasteiger partial charge in [0, 0.05) is 5.38 Å². The van der Waals surface area contributed by atoms with Gasteiger partial charge >= 0.3 is 0 Å². The lowest BCUT2D eigenvalue weighted by molar-refractivity contribution is 0.414. The molecule has 1 saturated carbocycles. The number of nitrogens with one attached hydrogen (secondary N) is 1. The van der Waals surface area contributed by atoms with Crippen LogP contribution in [0.5, 0.6) is 0 Å². The molecule has 0 aromatic carbocycles. The smallest absolute Gasteiger partial charge is 0.0376 e. The minimum atomic E-state index is 0.434. The molecule has 1 N–H and O–H groups in total. The van der Waals surface area contributed by atoms with Crippen LogP contribution in [0.2, 0.25) is 0 Å². The van der Waals surface area contributed by atoms with Gasteiger partial charge in [0.2, 0.25) is 0 Å². The molecule has 0 aromatic heterocycles. The fourth-order valence-corrected chi connectivity index (χ4v) is 2.64. The molecule has 1 fully saturated rings. The van der Waals surface area contributed by atoms with Crippen molar-refractivity contribution in [3.05, 3.63) is 0 Å². The number of hydrogen-bond acceptors (Lipinski definition) is 1. The predicted octanol–water partition coefficient (Wildman–Crippen LogP) is 3.42. The minimum absolute atomic E-state index is 0.434. The van der Waals surface area contributed by atoms with Gasteiger partial charge in [0.1, 0.15) is 0 Å². The van der Waals surface area contributed by atoms with E-state index in [2.05, 4.69) is 19.2 Å². The zero-order valence-electron chi connectivity index (χ0n) is 9.56. The highest BCUT2D eigenvalue weighted by Gasteiger charge is 2.24. The van der Waals surface area contributed by atoms with Gasteiger partial charge in [-0.25, -0.2) is 0 Å². The summed E-state index contributed by atoms with van der Waals surface area (Å²) in [4.78, 5) is 0. The van der Waals surface area contributed by atoms with E-state index in [0.29, 0.717) is 5.38 Å². The number of alkyl halides is 1. The van der Waals surface area contributed by atoms with E-state index in [1.165, 1.54) is 38.6 Å². The second-order valence-electron chi connectivity index (χ2n) is 4.55. The van der Waals surface area contributed by atoms with E-state index >= 15 is 0 Å². The highest BCUT2D eigenvalue weighted by molar-refractivity contribution is 6.20. The third kappa shape index (κ3) is 3.78. The average Bonchev–Trinajstić information content (AvgIpc) is 2.59. The van der Waals surface area contributed by atoms with Gasteiger partial charge in [-0.15, -0.1) is 11.6 Å². The monoisotopic (exact) mass is 217 g/mol. The fraction of sp³-hybridized carbons (Fsp3) is 1.00. The third-order valence-corrected chi connectivity index (χ3v) is 4.14. The number of halogens is 1. The molecule has 0 aliphatic heterocycles. The summed E-state index contributed by atoms with van der Waals surface area (Å²) in [7, 11) is 0. The summed E-state index contributed by atoms with van der Waals surface area (Å²) in [6.45, 7) is 6.85. The van der Waals surface area contributed by atoms with Crippen LogP contribution in [-0.4, -0.2) is 18.5 Å². The molecule has 0 aromatic rings. The summed E-state index contributed by atoms with van der Waals surface area (Å²) in [6, 6.07) is 0. The lowest BCUT2D eigenvalue weighted by atomic mass is 10.0. The van der Waals surface area contributed by atoms with Crippen molar-refractivity contribution in [2.75, 3.05) is 13.1 Å². The van der Waals surface area contributed by atoms with Gasteiger partial charge < -0.3 is 5.32 Å². The standard InChI is InChI=1S/C12H24ClN/c1-3-10(4-2)8-14-9-11-6-5-7-12(11)13/h10-12,14H,3-9H2,1-2H3. The van der Waals surface area contributed by atoms with E-state index in [1.54, 1.807) is 0 Å². The van der Waals surface area contributed by atoms with Crippen LogP contribution in [0.1, 0.15) is 46.0 Å². The van der Waals surface area contributed by atoms with Gasteiger partial charge in [0.15, 0.2) is 0 Å². The Hall–Kier alpha value is 0.250. The maximum atomic E-state index is 6.22. The van der Waals surface area contributed by atoms with Crippen LogP contribution in [0, 0.1) is 11.8 Å². The first-order valence-corrected chi connectivity index (χ1v) is 6.56. The molecule has 14 heavy (non-hydrogen) atoms. The maximum Gasteiger partial charge on any atom is 0.0376 e. The van der Waals surface area contributed by atoms with Crippen molar-refractivity contribution >= 4 is 11.6 Å². The molecule has 84 valence electrons. The van der Waals surface area contributed by atoms with Crippen molar-refractivity contribution in [1.82, 2.24) is 5.32 Å². The Kier molecular flexibility index (Phi) is 5.88. The lowest BCUT2D eigenvalue weighted by Gasteiger charge is -2.17. The molecule has 2 unspecified atom stereocenters. The second kappa shape index (κ2) is 6.68. The van der Waals surface area contributed by atoms with Crippen molar-refractivity contribution < 1.29 is 0 Å². The first-order valence-electron chi connectivity index (χ1n) is 6.12. The Morgan fingerprint density at radius 3 is 2.50 bits per heavy atom. The molecule has 0 heterocycles. The van der Waals surface area contributed by atoms with Gasteiger partial charge in [-0.3, -0.25) is 0 Å². The van der Waals surface area contributed by atoms with Crippen molar-refractivity contribution in [1.29, 1.82) is 0 Å². The van der Waals surface area contributed by atoms with Gasteiger partial charge in [0.05, 0.1) is 0 Å². The molecule has 1 nitrogen and oxygen atoms in total. The molecule has 1 aliphatic rings. The van der Waals surface area contributed by atoms with Gasteiger partial charge in [-0.2, -0.15) is 0 Å². The van der Waals surface area contributed by atoms with Crippen LogP contribution in [0.15, 0.2) is 0 Å². The zero-order valence-corrected chi connectivity index (χ0v) is 10.3. The fourth-order valence-electron chi connectivity index (χ4n) is 2.27. The molecule has 2 atom stereocenters. The summed E-state index contributed by atoms with van der Waals surface area (Å²) >= 11 is 6.22. The molecular weight excluding hydrogens is 194 g/mol. The van der Waals surface area contributed by atoms with Crippen molar-refractivity contribution in [3.8, 4) is 0 Å². The number of hydrogen-bond donors (Lipinski definition) is 1.